The third kappa shape index (κ3) is 7.91. The molecule has 0 saturated heterocycles. The Hall–Kier alpha value is -3.03. The molecule has 6 aromatic carbocycles. The fourth-order valence-corrected chi connectivity index (χ4v) is 6.61. The van der Waals surface area contributed by atoms with E-state index in [2.05, 4.69) is 165 Å². The van der Waals surface area contributed by atoms with Gasteiger partial charge in [0.05, 0.1) is 0 Å². The molecule has 0 aromatic heterocycles. The summed E-state index contributed by atoms with van der Waals surface area (Å²) >= 11 is 0. The molecular weight excluding hydrogens is 719 g/mol. The maximum absolute atomic E-state index is 3.60. The van der Waals surface area contributed by atoms with Gasteiger partial charge in [0, 0.05) is 0 Å². The molecule has 0 amide bonds. The van der Waals surface area contributed by atoms with Gasteiger partial charge in [-0.1, -0.05) is 144 Å². The Morgan fingerprint density at radius 1 is 0.522 bits per heavy atom. The van der Waals surface area contributed by atoms with E-state index in [9.17, 15) is 0 Å². The first-order valence-corrected chi connectivity index (χ1v) is 17.0. The largest absolute Gasteiger partial charge is 4.00 e. The molecule has 0 aliphatic heterocycles. The third-order valence-electron chi connectivity index (χ3n) is 8.88. The van der Waals surface area contributed by atoms with Crippen LogP contribution in [0.3, 0.4) is 0 Å². The molecule has 0 bridgehead atoms. The predicted molar refractivity (Wildman–Crippen MR) is 201 cm³/mol. The maximum Gasteiger partial charge on any atom is 4.00 e. The van der Waals surface area contributed by atoms with Gasteiger partial charge >= 0.3 is 25.8 Å². The van der Waals surface area contributed by atoms with Gasteiger partial charge in [-0.3, -0.25) is 0 Å². The molecule has 0 aliphatic carbocycles. The minimum atomic E-state index is -0.171. The molecule has 0 N–H and O–H groups in total. The smallest absolute Gasteiger partial charge is 0.343 e. The van der Waals surface area contributed by atoms with Crippen molar-refractivity contribution in [3.8, 4) is 22.3 Å². The van der Waals surface area contributed by atoms with Crippen LogP contribution in [0.25, 0.3) is 43.8 Å². The zero-order valence-electron chi connectivity index (χ0n) is 29.0. The second-order valence-corrected chi connectivity index (χ2v) is 12.4. The summed E-state index contributed by atoms with van der Waals surface area (Å²) in [5.74, 6) is 0. The molecule has 0 spiro atoms. The van der Waals surface area contributed by atoms with Crippen LogP contribution in [0.1, 0.15) is 89.5 Å². The summed E-state index contributed by atoms with van der Waals surface area (Å²) in [4.78, 5) is 0. The Bertz CT molecular complexity index is 1630. The van der Waals surface area contributed by atoms with Gasteiger partial charge in [0.25, 0.3) is 0 Å². The molecular formula is C45H52Hf. The summed E-state index contributed by atoms with van der Waals surface area (Å²) in [6.45, 7) is 21.0. The molecule has 6 aromatic rings. The van der Waals surface area contributed by atoms with Gasteiger partial charge in [0.1, 0.15) is 0 Å². The quantitative estimate of drug-likeness (QED) is 0.107. The van der Waals surface area contributed by atoms with Crippen molar-refractivity contribution in [2.75, 3.05) is 0 Å². The first-order valence-electron chi connectivity index (χ1n) is 17.0. The van der Waals surface area contributed by atoms with Crippen LogP contribution in [-0.4, -0.2) is 0 Å². The third-order valence-corrected chi connectivity index (χ3v) is 8.88. The van der Waals surface area contributed by atoms with E-state index < -0.39 is 0 Å². The molecule has 46 heavy (non-hydrogen) atoms. The predicted octanol–water partition coefficient (Wildman–Crippen LogP) is 13.5. The Balaban J connectivity index is 0.000000577. The fourth-order valence-electron chi connectivity index (χ4n) is 6.61. The van der Waals surface area contributed by atoms with Crippen molar-refractivity contribution >= 4 is 21.5 Å². The zero-order valence-corrected chi connectivity index (χ0v) is 32.6. The molecule has 0 fully saturated rings. The van der Waals surface area contributed by atoms with Crippen molar-refractivity contribution in [3.05, 3.63) is 145 Å². The van der Waals surface area contributed by atoms with Crippen LogP contribution in [0.15, 0.2) is 109 Å². The molecule has 236 valence electrons. The number of hydrogen-bond donors (Lipinski definition) is 0. The van der Waals surface area contributed by atoms with Crippen molar-refractivity contribution in [2.24, 2.45) is 0 Å². The van der Waals surface area contributed by atoms with Gasteiger partial charge in [0.15, 0.2) is 0 Å². The molecule has 6 rings (SSSR count). The average Bonchev–Trinajstić information content (AvgIpc) is 3.69. The molecule has 0 atom stereocenters. The molecule has 0 saturated carbocycles. The zero-order chi connectivity index (χ0) is 32.4. The number of hydrogen-bond acceptors (Lipinski definition) is 0. The van der Waals surface area contributed by atoms with E-state index in [1.54, 1.807) is 0 Å². The van der Waals surface area contributed by atoms with Gasteiger partial charge in [-0.05, 0) is 24.0 Å². The van der Waals surface area contributed by atoms with E-state index in [4.69, 9.17) is 0 Å². The Kier molecular flexibility index (Phi) is 14.5. The minimum Gasteiger partial charge on any atom is -0.343 e. The van der Waals surface area contributed by atoms with Gasteiger partial charge in [-0.15, -0.1) is 80.2 Å². The van der Waals surface area contributed by atoms with Crippen LogP contribution in [0.4, 0.5) is 0 Å². The standard InChI is InChI=1S/C37H34.2C4H9.Hf/c1-5-25-23-29-19-13-21-31(27-15-9-7-10-16-27)33(29)35(25)37(3,4)36-26(6-2)24-30-20-14-22-32(34(30)36)28-17-11-8-12-18-28;2*1-3-4-2;/h7-24H,5-6H2,1-4H3;2*1,3-4H2,2H3;/q-2;2*-1;+4. The SMILES string of the molecule is CCc1[cH-]c2cccc(-c3ccccc3)c2c1C(C)(C)c1c(CC)[cH-]c2cccc(-c3ccccc3)c12.[CH2-]CCC.[CH2-]CCC.[Hf+4]. The summed E-state index contributed by atoms with van der Waals surface area (Å²) in [6, 6.07) is 40.3. The summed E-state index contributed by atoms with van der Waals surface area (Å²) in [5.41, 5.74) is 10.9. The summed E-state index contributed by atoms with van der Waals surface area (Å²) in [5, 5.41) is 5.50. The number of aryl methyl sites for hydroxylation is 2. The minimum absolute atomic E-state index is 0. The van der Waals surface area contributed by atoms with Gasteiger partial charge in [-0.25, -0.2) is 0 Å². The number of fused-ring (bicyclic) bond motifs is 2. The number of unbranched alkanes of at least 4 members (excludes halogenated alkanes) is 2. The Morgan fingerprint density at radius 3 is 1.17 bits per heavy atom. The van der Waals surface area contributed by atoms with E-state index >= 15 is 0 Å². The fraction of sp³-hybridized carbons (Fsp3) is 0.289. The molecule has 0 aliphatic rings. The van der Waals surface area contributed by atoms with Crippen molar-refractivity contribution < 1.29 is 25.8 Å². The Labute approximate surface area is 298 Å². The van der Waals surface area contributed by atoms with Crippen LogP contribution in [0.2, 0.25) is 0 Å². The molecule has 0 nitrogen and oxygen atoms in total. The van der Waals surface area contributed by atoms with Gasteiger partial charge in [-0.2, -0.15) is 12.8 Å². The molecule has 0 radical (unpaired) electrons. The first-order chi connectivity index (χ1) is 21.9. The van der Waals surface area contributed by atoms with Crippen molar-refractivity contribution in [2.45, 2.75) is 85.5 Å². The van der Waals surface area contributed by atoms with Gasteiger partial charge in [0.2, 0.25) is 0 Å². The van der Waals surface area contributed by atoms with E-state index in [-0.39, 0.29) is 31.3 Å². The van der Waals surface area contributed by atoms with Crippen LogP contribution in [-0.2, 0) is 44.1 Å². The summed E-state index contributed by atoms with van der Waals surface area (Å²) in [6.07, 6.45) is 6.60. The molecule has 1 heteroatoms. The number of rotatable bonds is 8. The normalized spacial score (nSPS) is 11.0. The Morgan fingerprint density at radius 2 is 0.870 bits per heavy atom. The van der Waals surface area contributed by atoms with Crippen LogP contribution >= 0.6 is 0 Å². The van der Waals surface area contributed by atoms with Crippen molar-refractivity contribution in [1.29, 1.82) is 0 Å². The van der Waals surface area contributed by atoms with Crippen LogP contribution < -0.4 is 0 Å². The topological polar surface area (TPSA) is 0 Å². The second-order valence-electron chi connectivity index (χ2n) is 12.4. The molecule has 0 heterocycles. The van der Waals surface area contributed by atoms with Crippen molar-refractivity contribution in [1.82, 2.24) is 0 Å². The average molecular weight is 771 g/mol. The van der Waals surface area contributed by atoms with Gasteiger partial charge < -0.3 is 13.8 Å². The molecule has 0 unspecified atom stereocenters. The van der Waals surface area contributed by atoms with Crippen LogP contribution in [0.5, 0.6) is 0 Å². The maximum atomic E-state index is 3.60. The van der Waals surface area contributed by atoms with E-state index in [1.807, 2.05) is 0 Å². The first kappa shape index (κ1) is 37.4. The summed E-state index contributed by atoms with van der Waals surface area (Å²) < 4.78 is 0. The van der Waals surface area contributed by atoms with E-state index in [1.165, 1.54) is 78.9 Å². The summed E-state index contributed by atoms with van der Waals surface area (Å²) in [7, 11) is 0. The van der Waals surface area contributed by atoms with Crippen molar-refractivity contribution in [3.63, 3.8) is 0 Å². The van der Waals surface area contributed by atoms with Crippen LogP contribution in [0, 0.1) is 13.8 Å². The monoisotopic (exact) mass is 772 g/mol. The van der Waals surface area contributed by atoms with E-state index in [0.29, 0.717) is 0 Å². The second kappa shape index (κ2) is 17.8. The van der Waals surface area contributed by atoms with E-state index in [0.717, 1.165) is 25.7 Å². The number of benzene rings is 4.